The predicted octanol–water partition coefficient (Wildman–Crippen LogP) is 1.56. The van der Waals surface area contributed by atoms with Gasteiger partial charge >= 0.3 is 6.09 Å². The molecule has 1 aromatic carbocycles. The average Bonchev–Trinajstić information content (AvgIpc) is 2.88. The number of carbonyl (C=O) groups excluding carboxylic acids is 4. The molecule has 1 aromatic rings. The molecule has 2 aliphatic rings. The van der Waals surface area contributed by atoms with Crippen LogP contribution in [0, 0.1) is 0 Å². The Hall–Kier alpha value is -3.20. The van der Waals surface area contributed by atoms with Gasteiger partial charge in [0.1, 0.15) is 11.3 Å². The summed E-state index contributed by atoms with van der Waals surface area (Å²) >= 11 is 0. The Morgan fingerprint density at radius 1 is 1.21 bits per heavy atom. The van der Waals surface area contributed by atoms with Crippen LogP contribution in [0.4, 0.5) is 16.2 Å². The van der Waals surface area contributed by atoms with Crippen molar-refractivity contribution in [2.24, 2.45) is 0 Å². The van der Waals surface area contributed by atoms with Gasteiger partial charge in [-0.05, 0) is 51.0 Å². The van der Waals surface area contributed by atoms with Crippen LogP contribution in [0.1, 0.15) is 32.8 Å². The summed E-state index contributed by atoms with van der Waals surface area (Å²) < 4.78 is 5.34. The molecule has 0 radical (unpaired) electrons. The summed E-state index contributed by atoms with van der Waals surface area (Å²) in [4.78, 5) is 50.9. The third-order valence-electron chi connectivity index (χ3n) is 4.37. The van der Waals surface area contributed by atoms with E-state index in [1.165, 1.54) is 6.08 Å². The number of hydrogen-bond acceptors (Lipinski definition) is 7. The van der Waals surface area contributed by atoms with Crippen LogP contribution in [-0.2, 0) is 25.5 Å². The second kappa shape index (κ2) is 7.67. The van der Waals surface area contributed by atoms with E-state index in [1.54, 1.807) is 39.0 Å². The Morgan fingerprint density at radius 3 is 2.59 bits per heavy atom. The fourth-order valence-electron chi connectivity index (χ4n) is 3.14. The topological polar surface area (TPSA) is 116 Å². The van der Waals surface area contributed by atoms with Crippen molar-refractivity contribution in [1.29, 1.82) is 0 Å². The summed E-state index contributed by atoms with van der Waals surface area (Å²) in [5.41, 5.74) is 1.08. The quantitative estimate of drug-likeness (QED) is 0.736. The molecule has 154 valence electrons. The lowest BCUT2D eigenvalue weighted by atomic mass is 10.0. The van der Waals surface area contributed by atoms with E-state index in [2.05, 4.69) is 5.32 Å². The largest absolute Gasteiger partial charge is 0.443 e. The molecule has 2 N–H and O–H groups in total. The molecule has 9 nitrogen and oxygen atoms in total. The van der Waals surface area contributed by atoms with Crippen LogP contribution in [0.2, 0.25) is 0 Å². The van der Waals surface area contributed by atoms with Gasteiger partial charge in [-0.15, -0.1) is 0 Å². The average molecular weight is 401 g/mol. The van der Waals surface area contributed by atoms with Crippen LogP contribution in [-0.4, -0.2) is 52.6 Å². The third-order valence-corrected chi connectivity index (χ3v) is 4.37. The highest BCUT2D eigenvalue weighted by molar-refractivity contribution is 6.17. The molecule has 29 heavy (non-hydrogen) atoms. The van der Waals surface area contributed by atoms with Gasteiger partial charge in [-0.25, -0.2) is 9.69 Å². The van der Waals surface area contributed by atoms with E-state index in [0.717, 1.165) is 15.4 Å². The van der Waals surface area contributed by atoms with Crippen molar-refractivity contribution in [3.8, 4) is 0 Å². The number of nitrogens with zero attached hydrogens (tertiary/aromatic N) is 2. The van der Waals surface area contributed by atoms with Crippen LogP contribution >= 0.6 is 0 Å². The zero-order valence-electron chi connectivity index (χ0n) is 16.5. The highest BCUT2D eigenvalue weighted by Gasteiger charge is 2.34. The minimum Gasteiger partial charge on any atom is -0.443 e. The van der Waals surface area contributed by atoms with E-state index in [4.69, 9.17) is 9.84 Å². The van der Waals surface area contributed by atoms with Gasteiger partial charge < -0.3 is 15.2 Å². The fraction of sp³-hybridized carbons (Fsp3) is 0.400. The number of anilines is 2. The number of rotatable bonds is 4. The minimum absolute atomic E-state index is 0.0729. The van der Waals surface area contributed by atoms with E-state index in [0.29, 0.717) is 17.8 Å². The molecule has 0 saturated carbocycles. The molecule has 0 bridgehead atoms. The Bertz CT molecular complexity index is 915. The lowest BCUT2D eigenvalue weighted by Gasteiger charge is -2.30. The number of aliphatic hydroxyl groups excluding tert-OH is 1. The Kier molecular flexibility index (Phi) is 5.43. The van der Waals surface area contributed by atoms with Gasteiger partial charge in [-0.3, -0.25) is 19.3 Å². The first-order chi connectivity index (χ1) is 13.6. The standard InChI is InChI=1S/C20H23N3O6/c1-20(2,3)29-19(28)23-15-6-5-13(10-12(15)4-7-16(23)25)21-14-11-17(26)22(8-9-24)18(14)27/h5-6,10-11,21,24H,4,7-9H2,1-3H3. The van der Waals surface area contributed by atoms with Crippen molar-refractivity contribution >= 4 is 35.2 Å². The molecule has 2 heterocycles. The van der Waals surface area contributed by atoms with Gasteiger partial charge in [0.25, 0.3) is 11.8 Å². The van der Waals surface area contributed by atoms with Gasteiger partial charge in [-0.2, -0.15) is 0 Å². The summed E-state index contributed by atoms with van der Waals surface area (Å²) in [5, 5.41) is 11.9. The number of imide groups is 2. The van der Waals surface area contributed by atoms with E-state index in [9.17, 15) is 19.2 Å². The maximum atomic E-state index is 12.5. The molecule has 9 heteroatoms. The molecule has 0 aliphatic carbocycles. The number of fused-ring (bicyclic) bond motifs is 1. The molecular weight excluding hydrogens is 378 g/mol. The number of carbonyl (C=O) groups is 4. The summed E-state index contributed by atoms with van der Waals surface area (Å²) in [6.45, 7) is 4.78. The number of ether oxygens (including phenoxy) is 1. The monoisotopic (exact) mass is 401 g/mol. The van der Waals surface area contributed by atoms with Crippen molar-refractivity contribution in [1.82, 2.24) is 4.90 Å². The summed E-state index contributed by atoms with van der Waals surface area (Å²) in [6, 6.07) is 4.94. The Labute approximate surface area is 167 Å². The number of aryl methyl sites for hydroxylation is 1. The Morgan fingerprint density at radius 2 is 1.93 bits per heavy atom. The normalized spacial score (nSPS) is 16.7. The van der Waals surface area contributed by atoms with Crippen molar-refractivity contribution in [3.05, 3.63) is 35.5 Å². The van der Waals surface area contributed by atoms with E-state index in [-0.39, 0.29) is 31.2 Å². The summed E-state index contributed by atoms with van der Waals surface area (Å²) in [5.74, 6) is -1.36. The van der Waals surface area contributed by atoms with Gasteiger partial charge in [0.15, 0.2) is 0 Å². The molecule has 4 amide bonds. The van der Waals surface area contributed by atoms with E-state index in [1.807, 2.05) is 0 Å². The first-order valence-corrected chi connectivity index (χ1v) is 9.25. The first-order valence-electron chi connectivity index (χ1n) is 9.25. The lowest BCUT2D eigenvalue weighted by molar-refractivity contribution is -0.137. The first kappa shape index (κ1) is 20.5. The number of nitrogens with one attached hydrogen (secondary N) is 1. The molecule has 3 rings (SSSR count). The van der Waals surface area contributed by atoms with Gasteiger partial charge in [0, 0.05) is 18.2 Å². The van der Waals surface area contributed by atoms with Crippen LogP contribution in [0.5, 0.6) is 0 Å². The van der Waals surface area contributed by atoms with Gasteiger partial charge in [0.05, 0.1) is 18.8 Å². The minimum atomic E-state index is -0.737. The third kappa shape index (κ3) is 4.29. The zero-order chi connectivity index (χ0) is 21.3. The lowest BCUT2D eigenvalue weighted by Crippen LogP contribution is -2.43. The molecule has 0 spiro atoms. The molecule has 0 unspecified atom stereocenters. The number of hydrogen-bond donors (Lipinski definition) is 2. The summed E-state index contributed by atoms with van der Waals surface area (Å²) in [6.07, 6.45) is 1.03. The van der Waals surface area contributed by atoms with Crippen molar-refractivity contribution in [2.75, 3.05) is 23.4 Å². The highest BCUT2D eigenvalue weighted by Crippen LogP contribution is 2.32. The molecular formula is C20H23N3O6. The van der Waals surface area contributed by atoms with Gasteiger partial charge in [-0.1, -0.05) is 0 Å². The number of aliphatic hydroxyl groups is 1. The zero-order valence-corrected chi connectivity index (χ0v) is 16.5. The van der Waals surface area contributed by atoms with Crippen LogP contribution in [0.15, 0.2) is 30.0 Å². The predicted molar refractivity (Wildman–Crippen MR) is 104 cm³/mol. The highest BCUT2D eigenvalue weighted by atomic mass is 16.6. The van der Waals surface area contributed by atoms with Crippen LogP contribution in [0.25, 0.3) is 0 Å². The van der Waals surface area contributed by atoms with Crippen LogP contribution < -0.4 is 10.2 Å². The van der Waals surface area contributed by atoms with Crippen LogP contribution in [0.3, 0.4) is 0 Å². The van der Waals surface area contributed by atoms with E-state index >= 15 is 0 Å². The van der Waals surface area contributed by atoms with Crippen molar-refractivity contribution in [3.63, 3.8) is 0 Å². The van der Waals surface area contributed by atoms with Crippen molar-refractivity contribution in [2.45, 2.75) is 39.2 Å². The number of β-amino-alcohol motifs (C(OH)–C–C–N with tert-alkyl or cyclic N) is 1. The Balaban J connectivity index is 1.82. The fourth-order valence-corrected chi connectivity index (χ4v) is 3.14. The molecule has 2 aliphatic heterocycles. The second-order valence-electron chi connectivity index (χ2n) is 7.75. The molecule has 0 aromatic heterocycles. The maximum absolute atomic E-state index is 12.5. The maximum Gasteiger partial charge on any atom is 0.421 e. The SMILES string of the molecule is CC(C)(C)OC(=O)N1C(=O)CCc2cc(NC3=CC(=O)N(CCO)C3=O)ccc21. The molecule has 0 fully saturated rings. The van der Waals surface area contributed by atoms with Crippen molar-refractivity contribution < 1.29 is 29.0 Å². The second-order valence-corrected chi connectivity index (χ2v) is 7.75. The number of amides is 4. The smallest absolute Gasteiger partial charge is 0.421 e. The number of benzene rings is 1. The van der Waals surface area contributed by atoms with E-state index < -0.39 is 23.5 Å². The molecule has 0 saturated heterocycles. The molecule has 0 atom stereocenters. The summed E-state index contributed by atoms with van der Waals surface area (Å²) in [7, 11) is 0. The van der Waals surface area contributed by atoms with Gasteiger partial charge in [0.2, 0.25) is 5.91 Å².